The van der Waals surface area contributed by atoms with E-state index in [-0.39, 0.29) is 6.61 Å². The van der Waals surface area contributed by atoms with Crippen molar-refractivity contribution in [3.8, 4) is 0 Å². The maximum atomic E-state index is 11.8. The lowest BCUT2D eigenvalue weighted by Crippen LogP contribution is -2.16. The molecule has 0 aromatic heterocycles. The van der Waals surface area contributed by atoms with Gasteiger partial charge in [-0.2, -0.15) is 13.2 Å². The van der Waals surface area contributed by atoms with E-state index >= 15 is 0 Å². The van der Waals surface area contributed by atoms with Gasteiger partial charge in [0, 0.05) is 6.54 Å². The van der Waals surface area contributed by atoms with Crippen LogP contribution >= 0.6 is 0 Å². The van der Waals surface area contributed by atoms with Crippen LogP contribution in [-0.4, -0.2) is 19.8 Å². The molecule has 1 rings (SSSR count). The second-order valence-corrected chi connectivity index (χ2v) is 3.45. The van der Waals surface area contributed by atoms with Crippen molar-refractivity contribution >= 4 is 0 Å². The molecule has 1 aromatic rings. The highest BCUT2D eigenvalue weighted by Gasteiger charge is 2.27. The number of ether oxygens (including phenoxy) is 1. The van der Waals surface area contributed by atoms with Gasteiger partial charge in [0.1, 0.15) is 6.61 Å². The lowest BCUT2D eigenvalue weighted by atomic mass is 10.1. The molecule has 0 heterocycles. The van der Waals surface area contributed by atoms with Gasteiger partial charge in [0.15, 0.2) is 0 Å². The predicted octanol–water partition coefficient (Wildman–Crippen LogP) is 2.48. The second kappa shape index (κ2) is 5.86. The topological polar surface area (TPSA) is 21.3 Å². The molecule has 2 nitrogen and oxygen atoms in total. The fraction of sp³-hybridized carbons (Fsp3) is 0.455. The highest BCUT2D eigenvalue weighted by molar-refractivity contribution is 5.21. The van der Waals surface area contributed by atoms with Crippen LogP contribution in [0.25, 0.3) is 0 Å². The minimum Gasteiger partial charge on any atom is -0.367 e. The molecular formula is C11H14F3NO. The maximum absolute atomic E-state index is 11.8. The molecule has 0 saturated heterocycles. The van der Waals surface area contributed by atoms with Crippen molar-refractivity contribution in [1.29, 1.82) is 0 Å². The quantitative estimate of drug-likeness (QED) is 0.843. The van der Waals surface area contributed by atoms with Crippen LogP contribution in [0.5, 0.6) is 0 Å². The average Bonchev–Trinajstić information content (AvgIpc) is 2.19. The zero-order valence-electron chi connectivity index (χ0n) is 8.97. The van der Waals surface area contributed by atoms with Gasteiger partial charge in [0.2, 0.25) is 0 Å². The summed E-state index contributed by atoms with van der Waals surface area (Å²) in [6, 6.07) is 7.26. The van der Waals surface area contributed by atoms with Crippen LogP contribution in [0.4, 0.5) is 13.2 Å². The molecule has 0 amide bonds. The Kier molecular flexibility index (Phi) is 4.76. The van der Waals surface area contributed by atoms with E-state index in [2.05, 4.69) is 10.1 Å². The predicted molar refractivity (Wildman–Crippen MR) is 54.9 cm³/mol. The largest absolute Gasteiger partial charge is 0.411 e. The van der Waals surface area contributed by atoms with Crippen molar-refractivity contribution in [2.24, 2.45) is 0 Å². The first-order valence-corrected chi connectivity index (χ1v) is 4.88. The Balaban J connectivity index is 2.37. The second-order valence-electron chi connectivity index (χ2n) is 3.45. The van der Waals surface area contributed by atoms with Gasteiger partial charge in [-0.15, -0.1) is 0 Å². The highest BCUT2D eigenvalue weighted by atomic mass is 19.4. The van der Waals surface area contributed by atoms with Crippen molar-refractivity contribution in [2.75, 3.05) is 13.7 Å². The van der Waals surface area contributed by atoms with Crippen LogP contribution < -0.4 is 5.32 Å². The maximum Gasteiger partial charge on any atom is 0.411 e. The van der Waals surface area contributed by atoms with Crippen LogP contribution in [0, 0.1) is 0 Å². The molecule has 0 atom stereocenters. The van der Waals surface area contributed by atoms with Gasteiger partial charge >= 0.3 is 6.18 Å². The number of hydrogen-bond donors (Lipinski definition) is 1. The fourth-order valence-corrected chi connectivity index (χ4v) is 1.24. The summed E-state index contributed by atoms with van der Waals surface area (Å²) in [6.45, 7) is -0.478. The number of halogens is 3. The van der Waals surface area contributed by atoms with Gasteiger partial charge in [-0.05, 0) is 18.2 Å². The normalized spacial score (nSPS) is 11.8. The van der Waals surface area contributed by atoms with E-state index in [9.17, 15) is 13.2 Å². The molecule has 5 heteroatoms. The lowest BCUT2D eigenvalue weighted by molar-refractivity contribution is -0.176. The van der Waals surface area contributed by atoms with Gasteiger partial charge in [-0.3, -0.25) is 0 Å². The molecule has 0 radical (unpaired) electrons. The molecule has 16 heavy (non-hydrogen) atoms. The van der Waals surface area contributed by atoms with E-state index in [0.717, 1.165) is 17.7 Å². The third-order valence-corrected chi connectivity index (χ3v) is 1.94. The summed E-state index contributed by atoms with van der Waals surface area (Å²) >= 11 is 0. The monoisotopic (exact) mass is 233 g/mol. The summed E-state index contributed by atoms with van der Waals surface area (Å²) in [7, 11) is 1.83. The molecular weight excluding hydrogens is 219 g/mol. The summed E-state index contributed by atoms with van der Waals surface area (Å²) in [6.07, 6.45) is -4.26. The fourth-order valence-electron chi connectivity index (χ4n) is 1.24. The smallest absolute Gasteiger partial charge is 0.367 e. The first-order chi connectivity index (χ1) is 7.51. The number of hydrogen-bond acceptors (Lipinski definition) is 2. The van der Waals surface area contributed by atoms with Crippen molar-refractivity contribution < 1.29 is 17.9 Å². The molecule has 0 spiro atoms. The third kappa shape index (κ3) is 5.14. The van der Waals surface area contributed by atoms with Gasteiger partial charge < -0.3 is 10.1 Å². The van der Waals surface area contributed by atoms with Crippen molar-refractivity contribution in [3.63, 3.8) is 0 Å². The van der Waals surface area contributed by atoms with Crippen molar-refractivity contribution in [2.45, 2.75) is 19.3 Å². The SMILES string of the molecule is CNCc1ccc(COCC(F)(F)F)cc1. The number of rotatable bonds is 5. The molecule has 0 unspecified atom stereocenters. The highest BCUT2D eigenvalue weighted by Crippen LogP contribution is 2.15. The summed E-state index contributed by atoms with van der Waals surface area (Å²) in [5.74, 6) is 0. The van der Waals surface area contributed by atoms with Crippen molar-refractivity contribution in [3.05, 3.63) is 35.4 Å². The van der Waals surface area contributed by atoms with Crippen LogP contribution in [0.3, 0.4) is 0 Å². The number of nitrogens with one attached hydrogen (secondary N) is 1. The molecule has 0 saturated carbocycles. The Hall–Kier alpha value is -1.07. The summed E-state index contributed by atoms with van der Waals surface area (Å²) in [4.78, 5) is 0. The average molecular weight is 233 g/mol. The van der Waals surface area contributed by atoms with E-state index in [4.69, 9.17) is 0 Å². The Morgan fingerprint density at radius 1 is 1.12 bits per heavy atom. The Labute approximate surface area is 92.4 Å². The summed E-state index contributed by atoms with van der Waals surface area (Å²) < 4.78 is 39.9. The van der Waals surface area contributed by atoms with E-state index in [1.165, 1.54) is 0 Å². The number of alkyl halides is 3. The first kappa shape index (κ1) is 13.0. The molecule has 0 aliphatic rings. The Morgan fingerprint density at radius 2 is 1.69 bits per heavy atom. The van der Waals surface area contributed by atoms with Crippen molar-refractivity contribution in [1.82, 2.24) is 5.32 Å². The minimum absolute atomic E-state index is 0.0145. The van der Waals surface area contributed by atoms with E-state index < -0.39 is 12.8 Å². The van der Waals surface area contributed by atoms with E-state index in [1.807, 2.05) is 19.2 Å². The zero-order valence-corrected chi connectivity index (χ0v) is 8.97. The third-order valence-electron chi connectivity index (χ3n) is 1.94. The molecule has 0 aliphatic carbocycles. The Bertz CT molecular complexity index is 308. The molecule has 0 aliphatic heterocycles. The van der Waals surface area contributed by atoms with Gasteiger partial charge in [-0.1, -0.05) is 24.3 Å². The Morgan fingerprint density at radius 3 is 2.19 bits per heavy atom. The van der Waals surface area contributed by atoms with Crippen LogP contribution in [0.15, 0.2) is 24.3 Å². The van der Waals surface area contributed by atoms with E-state index in [0.29, 0.717) is 0 Å². The zero-order chi connectivity index (χ0) is 12.0. The summed E-state index contributed by atoms with van der Waals surface area (Å²) in [5.41, 5.74) is 1.83. The van der Waals surface area contributed by atoms with Crippen LogP contribution in [0.1, 0.15) is 11.1 Å². The van der Waals surface area contributed by atoms with Gasteiger partial charge in [-0.25, -0.2) is 0 Å². The lowest BCUT2D eigenvalue weighted by Gasteiger charge is -2.08. The van der Waals surface area contributed by atoms with Gasteiger partial charge in [0.25, 0.3) is 0 Å². The molecule has 1 N–H and O–H groups in total. The standard InChI is InChI=1S/C11H14F3NO/c1-15-6-9-2-4-10(5-3-9)7-16-8-11(12,13)14/h2-5,15H,6-8H2,1H3. The van der Waals surface area contributed by atoms with Crippen LogP contribution in [0.2, 0.25) is 0 Å². The molecule has 0 bridgehead atoms. The number of benzene rings is 1. The van der Waals surface area contributed by atoms with Gasteiger partial charge in [0.05, 0.1) is 6.61 Å². The molecule has 0 fully saturated rings. The summed E-state index contributed by atoms with van der Waals surface area (Å²) in [5, 5.41) is 2.99. The van der Waals surface area contributed by atoms with E-state index in [1.54, 1.807) is 12.1 Å². The molecule has 90 valence electrons. The molecule has 1 aromatic carbocycles. The first-order valence-electron chi connectivity index (χ1n) is 4.88. The van der Waals surface area contributed by atoms with Crippen LogP contribution in [-0.2, 0) is 17.9 Å². The minimum atomic E-state index is -4.26.